The van der Waals surface area contributed by atoms with Gasteiger partial charge in [0.15, 0.2) is 6.23 Å². The van der Waals surface area contributed by atoms with E-state index in [0.29, 0.717) is 5.69 Å². The highest BCUT2D eigenvalue weighted by Gasteiger charge is 2.43. The maximum absolute atomic E-state index is 13.0. The lowest BCUT2D eigenvalue weighted by molar-refractivity contribution is -0.0458. The Morgan fingerprint density at radius 3 is 2.14 bits per heavy atom. The van der Waals surface area contributed by atoms with Crippen LogP contribution in [0.25, 0.3) is 11.1 Å². The zero-order chi connectivity index (χ0) is 32.1. The van der Waals surface area contributed by atoms with Gasteiger partial charge >= 0.3 is 5.69 Å². The van der Waals surface area contributed by atoms with Crippen LogP contribution in [-0.4, -0.2) is 74.0 Å². The number of nitrogens with zero attached hydrogens (tertiary/aromatic N) is 4. The van der Waals surface area contributed by atoms with Crippen LogP contribution in [0.3, 0.4) is 0 Å². The van der Waals surface area contributed by atoms with E-state index in [-0.39, 0.29) is 19.6 Å². The van der Waals surface area contributed by atoms with Crippen molar-refractivity contribution in [1.29, 1.82) is 0 Å². The Labute approximate surface area is 250 Å². The van der Waals surface area contributed by atoms with Gasteiger partial charge in [0.25, 0.3) is 5.56 Å². The zero-order valence-electron chi connectivity index (χ0n) is 23.0. The van der Waals surface area contributed by atoms with E-state index in [4.69, 9.17) is 24.5 Å². The van der Waals surface area contributed by atoms with Crippen LogP contribution < -0.4 is 11.2 Å². The van der Waals surface area contributed by atoms with Crippen LogP contribution in [0.2, 0.25) is 0 Å². The fourth-order valence-electron chi connectivity index (χ4n) is 3.78. The molecule has 7 unspecified atom stereocenters. The molecule has 0 saturated carbocycles. The average Bonchev–Trinajstić information content (AvgIpc) is 3.32. The Balaban J connectivity index is 0.00000134. The minimum absolute atomic E-state index is 0.0805. The number of aliphatic hydroxyl groups is 3. The van der Waals surface area contributed by atoms with Gasteiger partial charge in [-0.25, -0.2) is 4.79 Å². The summed E-state index contributed by atoms with van der Waals surface area (Å²) in [5.74, 6) is 0. The number of hydrogen-bond acceptors (Lipinski definition) is 11. The molecule has 1 aliphatic rings. The van der Waals surface area contributed by atoms with Gasteiger partial charge in [-0.15, -0.1) is 0 Å². The first-order valence-electron chi connectivity index (χ1n) is 12.2. The monoisotopic (exact) mass is 644 g/mol. The molecule has 0 bridgehead atoms. The first kappa shape index (κ1) is 39.5. The normalized spacial score (nSPS) is 18.6. The third-order valence-corrected chi connectivity index (χ3v) is 5.60. The highest BCUT2D eigenvalue weighted by molar-refractivity contribution is 7.08. The predicted molar refractivity (Wildman–Crippen MR) is 170 cm³/mol. The summed E-state index contributed by atoms with van der Waals surface area (Å²) in [4.78, 5) is 54.4. The third-order valence-electron chi connectivity index (χ3n) is 5.60. The van der Waals surface area contributed by atoms with E-state index in [9.17, 15) is 19.8 Å². The molecular formula is C26H39N4O9P3. The van der Waals surface area contributed by atoms with Crippen molar-refractivity contribution in [3.63, 3.8) is 0 Å². The van der Waals surface area contributed by atoms with E-state index in [0.717, 1.165) is 20.3 Å². The van der Waals surface area contributed by atoms with Gasteiger partial charge in [-0.05, 0) is 77.1 Å². The summed E-state index contributed by atoms with van der Waals surface area (Å²) in [6, 6.07) is 8.47. The molecule has 232 valence electrons. The molecule has 4 rings (SSSR count). The first-order chi connectivity index (χ1) is 20.4. The Morgan fingerprint density at radius 1 is 0.976 bits per heavy atom. The van der Waals surface area contributed by atoms with E-state index in [2.05, 4.69) is 16.5 Å². The van der Waals surface area contributed by atoms with Crippen LogP contribution in [0.5, 0.6) is 0 Å². The minimum atomic E-state index is -1.38. The van der Waals surface area contributed by atoms with Gasteiger partial charge < -0.3 is 34.7 Å². The van der Waals surface area contributed by atoms with Gasteiger partial charge in [0, 0.05) is 37.5 Å². The summed E-state index contributed by atoms with van der Waals surface area (Å²) < 4.78 is 7.64. The Bertz CT molecular complexity index is 1310. The van der Waals surface area contributed by atoms with Crippen LogP contribution in [-0.2, 0) is 11.3 Å². The minimum Gasteiger partial charge on any atom is -0.396 e. The lowest BCUT2D eigenvalue weighted by Gasteiger charge is -2.18. The molecule has 3 aromatic rings. The molecule has 13 nitrogen and oxygen atoms in total. The smallest absolute Gasteiger partial charge is 0.333 e. The molecule has 1 aliphatic heterocycles. The number of aliphatic hydroxyl groups excluding tert-OH is 3. The van der Waals surface area contributed by atoms with Crippen molar-refractivity contribution in [3.05, 3.63) is 106 Å². The molecule has 3 aromatic heterocycles. The second-order valence-corrected chi connectivity index (χ2v) is 8.02. The molecule has 0 spiro atoms. The summed E-state index contributed by atoms with van der Waals surface area (Å²) in [5.41, 5.74) is 1.04. The van der Waals surface area contributed by atoms with E-state index < -0.39 is 35.8 Å². The first-order valence-corrected chi connectivity index (χ1v) is 13.8. The second kappa shape index (κ2) is 23.0. The largest absolute Gasteiger partial charge is 0.396 e. The van der Waals surface area contributed by atoms with Crippen LogP contribution in [0.15, 0.2) is 89.5 Å². The van der Waals surface area contributed by atoms with E-state index in [1.165, 1.54) is 40.7 Å². The molecule has 7 atom stereocenters. The molecule has 0 aromatic carbocycles. The zero-order valence-corrected chi connectivity index (χ0v) is 26.5. The van der Waals surface area contributed by atoms with Crippen LogP contribution >= 0.6 is 28.4 Å². The summed E-state index contributed by atoms with van der Waals surface area (Å²) in [6.45, 7) is 5.10. The molecule has 0 radical (unpaired) electrons. The molecule has 1 fully saturated rings. The fourth-order valence-corrected chi connectivity index (χ4v) is 3.78. The van der Waals surface area contributed by atoms with Crippen molar-refractivity contribution in [2.75, 3.05) is 6.61 Å². The SMILES string of the molecule is C=C/C=C\C.O=c1ccn(C2OC(CCO)C(O)C2O)c(=O)n1Cc1cc(-c2ccncc2)ccn1.OP.OP.OP. The second-order valence-electron chi connectivity index (χ2n) is 8.02. The highest BCUT2D eigenvalue weighted by atomic mass is 31.0. The number of aromatic nitrogens is 4. The molecule has 42 heavy (non-hydrogen) atoms. The fraction of sp³-hybridized carbons (Fsp3) is 0.308. The van der Waals surface area contributed by atoms with Gasteiger partial charge in [0.1, 0.15) is 12.2 Å². The van der Waals surface area contributed by atoms with Crippen molar-refractivity contribution in [2.45, 2.75) is 44.4 Å². The van der Waals surface area contributed by atoms with Gasteiger partial charge in [0.2, 0.25) is 0 Å². The van der Waals surface area contributed by atoms with Crippen molar-refractivity contribution in [3.8, 4) is 11.1 Å². The highest BCUT2D eigenvalue weighted by Crippen LogP contribution is 2.29. The number of ether oxygens (including phenoxy) is 1. The average molecular weight is 645 g/mol. The van der Waals surface area contributed by atoms with Crippen LogP contribution in [0, 0.1) is 0 Å². The maximum atomic E-state index is 13.0. The van der Waals surface area contributed by atoms with Crippen LogP contribution in [0.1, 0.15) is 25.3 Å². The van der Waals surface area contributed by atoms with Gasteiger partial charge in [-0.2, -0.15) is 0 Å². The quantitative estimate of drug-likeness (QED) is 0.155. The summed E-state index contributed by atoms with van der Waals surface area (Å²) in [7, 11) is 4.25. The maximum Gasteiger partial charge on any atom is 0.333 e. The van der Waals surface area contributed by atoms with Crippen molar-refractivity contribution < 1.29 is 34.7 Å². The molecule has 6 N–H and O–H groups in total. The number of rotatable bonds is 7. The number of pyridine rings is 2. The van der Waals surface area contributed by atoms with Crippen LogP contribution in [0.4, 0.5) is 0 Å². The van der Waals surface area contributed by atoms with E-state index in [1.807, 2.05) is 37.3 Å². The van der Waals surface area contributed by atoms with Crippen molar-refractivity contribution in [2.24, 2.45) is 0 Å². The lowest BCUT2D eigenvalue weighted by Crippen LogP contribution is -2.43. The van der Waals surface area contributed by atoms with E-state index in [1.54, 1.807) is 30.7 Å². The standard InChI is InChI=1S/C21H22N4O6.C5H8.3H3OP/c26-10-5-16-18(28)19(29)20(31-16)24-9-4-17(27)25(21(24)30)12-15-11-14(3-8-23-15)13-1-6-22-7-2-13;1-3-5-4-2;3*1-2/h1-4,6-9,11,16,18-20,26,28-29H,5,10,12H2;3-5H,1H2,2H3;3*1H,2H2/b;5-4-;;;. The number of allylic oxidation sites excluding steroid dienone is 3. The van der Waals surface area contributed by atoms with Crippen molar-refractivity contribution >= 4 is 28.4 Å². The summed E-state index contributed by atoms with van der Waals surface area (Å²) in [5, 5.41) is 29.5. The Kier molecular flexibility index (Phi) is 21.6. The summed E-state index contributed by atoms with van der Waals surface area (Å²) in [6.07, 6.45) is 7.19. The Morgan fingerprint density at radius 2 is 1.60 bits per heavy atom. The molecule has 1 saturated heterocycles. The van der Waals surface area contributed by atoms with Gasteiger partial charge in [-0.3, -0.25) is 23.9 Å². The molecule has 0 aliphatic carbocycles. The molecule has 4 heterocycles. The van der Waals surface area contributed by atoms with Crippen molar-refractivity contribution in [1.82, 2.24) is 19.1 Å². The van der Waals surface area contributed by atoms with Gasteiger partial charge in [0.05, 0.1) is 18.3 Å². The lowest BCUT2D eigenvalue weighted by atomic mass is 10.1. The van der Waals surface area contributed by atoms with Gasteiger partial charge in [-0.1, -0.05) is 24.8 Å². The molecular weight excluding hydrogens is 605 g/mol. The Hall–Kier alpha value is -2.53. The predicted octanol–water partition coefficient (Wildman–Crippen LogP) is 0.572. The molecule has 16 heteroatoms. The topological polar surface area (TPSA) is 200 Å². The molecule has 0 amide bonds. The third kappa shape index (κ3) is 11.6. The van der Waals surface area contributed by atoms with E-state index >= 15 is 0 Å². The number of hydrogen-bond donors (Lipinski definition) is 6. The summed E-state index contributed by atoms with van der Waals surface area (Å²) >= 11 is 0.